The molecule has 2 unspecified atom stereocenters. The summed E-state index contributed by atoms with van der Waals surface area (Å²) in [5.74, 6) is 1.03. The number of nitrogens with zero attached hydrogens (tertiary/aromatic N) is 2. The SMILES string of the molecule is CCCCN(CC)C(=O)C1c2ccccc2C(=O)N2CCc3cc(OCC)c(OCC)cc3C12. The van der Waals surface area contributed by atoms with E-state index in [0.29, 0.717) is 37.6 Å². The number of unbranched alkanes of at least 4 members (excludes halogenated alkanes) is 1. The summed E-state index contributed by atoms with van der Waals surface area (Å²) in [5.41, 5.74) is 3.58. The Morgan fingerprint density at radius 1 is 1.03 bits per heavy atom. The first-order valence-corrected chi connectivity index (χ1v) is 12.7. The molecule has 182 valence electrons. The lowest BCUT2D eigenvalue weighted by molar-refractivity contribution is -0.134. The summed E-state index contributed by atoms with van der Waals surface area (Å²) >= 11 is 0. The number of hydrogen-bond acceptors (Lipinski definition) is 4. The van der Waals surface area contributed by atoms with Crippen molar-refractivity contribution in [2.75, 3.05) is 32.8 Å². The van der Waals surface area contributed by atoms with Crippen LogP contribution in [0.1, 0.15) is 79.5 Å². The second-order valence-corrected chi connectivity index (χ2v) is 8.89. The Morgan fingerprint density at radius 2 is 1.74 bits per heavy atom. The number of hydrogen-bond donors (Lipinski definition) is 0. The summed E-state index contributed by atoms with van der Waals surface area (Å²) < 4.78 is 11.8. The molecule has 2 heterocycles. The van der Waals surface area contributed by atoms with Gasteiger partial charge in [-0.2, -0.15) is 0 Å². The molecule has 0 spiro atoms. The number of rotatable bonds is 9. The normalized spacial score (nSPS) is 18.6. The lowest BCUT2D eigenvalue weighted by Crippen LogP contribution is -2.51. The van der Waals surface area contributed by atoms with Crippen molar-refractivity contribution in [3.8, 4) is 11.5 Å². The van der Waals surface area contributed by atoms with E-state index >= 15 is 0 Å². The molecule has 2 aromatic rings. The average molecular weight is 465 g/mol. The zero-order valence-corrected chi connectivity index (χ0v) is 20.8. The summed E-state index contributed by atoms with van der Waals surface area (Å²) in [6.07, 6.45) is 2.71. The summed E-state index contributed by atoms with van der Waals surface area (Å²) in [7, 11) is 0. The van der Waals surface area contributed by atoms with E-state index in [4.69, 9.17) is 9.47 Å². The molecule has 0 N–H and O–H groups in total. The Hall–Kier alpha value is -3.02. The third-order valence-corrected chi connectivity index (χ3v) is 6.93. The molecule has 4 rings (SSSR count). The Kier molecular flexibility index (Phi) is 7.44. The number of amides is 2. The van der Waals surface area contributed by atoms with Gasteiger partial charge in [-0.15, -0.1) is 0 Å². The van der Waals surface area contributed by atoms with E-state index in [9.17, 15) is 9.59 Å². The molecule has 0 saturated heterocycles. The third-order valence-electron chi connectivity index (χ3n) is 6.93. The van der Waals surface area contributed by atoms with Crippen molar-refractivity contribution in [3.63, 3.8) is 0 Å². The summed E-state index contributed by atoms with van der Waals surface area (Å²) in [6.45, 7) is 11.1. The maximum absolute atomic E-state index is 14.1. The van der Waals surface area contributed by atoms with Gasteiger partial charge in [0.15, 0.2) is 11.5 Å². The molecule has 6 nitrogen and oxygen atoms in total. The van der Waals surface area contributed by atoms with Crippen molar-refractivity contribution < 1.29 is 19.1 Å². The van der Waals surface area contributed by atoms with Gasteiger partial charge in [-0.1, -0.05) is 31.5 Å². The second-order valence-electron chi connectivity index (χ2n) is 8.89. The van der Waals surface area contributed by atoms with Crippen LogP contribution in [0, 0.1) is 0 Å². The van der Waals surface area contributed by atoms with Gasteiger partial charge in [-0.3, -0.25) is 9.59 Å². The number of benzene rings is 2. The number of ether oxygens (including phenoxy) is 2. The van der Waals surface area contributed by atoms with E-state index in [0.717, 1.165) is 48.2 Å². The van der Waals surface area contributed by atoms with Gasteiger partial charge in [0.05, 0.1) is 25.2 Å². The molecule has 34 heavy (non-hydrogen) atoms. The highest BCUT2D eigenvalue weighted by Crippen LogP contribution is 2.49. The van der Waals surface area contributed by atoms with Crippen LogP contribution in [0.25, 0.3) is 0 Å². The van der Waals surface area contributed by atoms with Crippen LogP contribution in [-0.2, 0) is 11.2 Å². The lowest BCUT2D eigenvalue weighted by Gasteiger charge is -2.46. The van der Waals surface area contributed by atoms with Crippen LogP contribution in [0.2, 0.25) is 0 Å². The summed E-state index contributed by atoms with van der Waals surface area (Å²) in [5, 5.41) is 0. The first-order chi connectivity index (χ1) is 16.5. The Balaban J connectivity index is 1.87. The number of carbonyl (C=O) groups excluding carboxylic acids is 2. The van der Waals surface area contributed by atoms with Crippen molar-refractivity contribution in [2.45, 2.75) is 58.9 Å². The van der Waals surface area contributed by atoms with E-state index in [-0.39, 0.29) is 17.9 Å². The van der Waals surface area contributed by atoms with Gasteiger partial charge in [-0.05, 0) is 68.5 Å². The molecule has 0 bridgehead atoms. The maximum atomic E-state index is 14.1. The fraction of sp³-hybridized carbons (Fsp3) is 0.500. The summed E-state index contributed by atoms with van der Waals surface area (Å²) in [6, 6.07) is 11.3. The molecule has 2 aliphatic heterocycles. The minimum absolute atomic E-state index is 0.00116. The van der Waals surface area contributed by atoms with Crippen LogP contribution in [0.15, 0.2) is 36.4 Å². The Bertz CT molecular complexity index is 1050. The minimum Gasteiger partial charge on any atom is -0.490 e. The number of fused-ring (bicyclic) bond motifs is 4. The monoisotopic (exact) mass is 464 g/mol. The quantitative estimate of drug-likeness (QED) is 0.526. The highest BCUT2D eigenvalue weighted by Gasteiger charge is 2.47. The fourth-order valence-corrected chi connectivity index (χ4v) is 5.31. The fourth-order valence-electron chi connectivity index (χ4n) is 5.31. The first kappa shape index (κ1) is 24.1. The number of carbonyl (C=O) groups is 2. The van der Waals surface area contributed by atoms with E-state index < -0.39 is 5.92 Å². The van der Waals surface area contributed by atoms with E-state index in [2.05, 4.69) is 6.92 Å². The molecule has 0 radical (unpaired) electrons. The number of likely N-dealkylation sites (N-methyl/N-ethyl adjacent to an activating group) is 1. The van der Waals surface area contributed by atoms with Crippen LogP contribution in [-0.4, -0.2) is 54.5 Å². The summed E-state index contributed by atoms with van der Waals surface area (Å²) in [4.78, 5) is 31.5. The third kappa shape index (κ3) is 4.26. The lowest BCUT2D eigenvalue weighted by atomic mass is 9.75. The molecule has 0 saturated carbocycles. The van der Waals surface area contributed by atoms with Crippen molar-refractivity contribution >= 4 is 11.8 Å². The molecule has 0 aliphatic carbocycles. The van der Waals surface area contributed by atoms with E-state index in [1.165, 1.54) is 0 Å². The predicted molar refractivity (Wildman–Crippen MR) is 133 cm³/mol. The molecule has 2 aliphatic rings. The predicted octanol–water partition coefficient (Wildman–Crippen LogP) is 4.97. The van der Waals surface area contributed by atoms with Gasteiger partial charge in [-0.25, -0.2) is 0 Å². The van der Waals surface area contributed by atoms with Gasteiger partial charge in [0.1, 0.15) is 0 Å². The van der Waals surface area contributed by atoms with Crippen LogP contribution in [0.5, 0.6) is 11.5 Å². The highest BCUT2D eigenvalue weighted by molar-refractivity contribution is 6.01. The zero-order valence-electron chi connectivity index (χ0n) is 20.8. The zero-order chi connectivity index (χ0) is 24.2. The van der Waals surface area contributed by atoms with Crippen LogP contribution in [0.4, 0.5) is 0 Å². The van der Waals surface area contributed by atoms with Crippen molar-refractivity contribution in [2.24, 2.45) is 0 Å². The standard InChI is InChI=1S/C28H36N2O4/c1-5-9-15-29(6-2)28(32)25-20-12-10-11-13-21(20)27(31)30-16-14-19-17-23(33-7-3)24(34-8-4)18-22(19)26(25)30/h10-13,17-18,25-26H,5-9,14-16H2,1-4H3. The van der Waals surface area contributed by atoms with Gasteiger partial charge >= 0.3 is 0 Å². The van der Waals surface area contributed by atoms with Crippen molar-refractivity contribution in [3.05, 3.63) is 58.7 Å². The minimum atomic E-state index is -0.447. The molecular weight excluding hydrogens is 428 g/mol. The van der Waals surface area contributed by atoms with Crippen molar-refractivity contribution in [1.82, 2.24) is 9.80 Å². The van der Waals surface area contributed by atoms with Gasteiger partial charge in [0.25, 0.3) is 5.91 Å². The largest absolute Gasteiger partial charge is 0.490 e. The molecule has 6 heteroatoms. The van der Waals surface area contributed by atoms with Crippen LogP contribution < -0.4 is 9.47 Å². The molecular formula is C28H36N2O4. The maximum Gasteiger partial charge on any atom is 0.254 e. The van der Waals surface area contributed by atoms with Gasteiger partial charge in [0.2, 0.25) is 5.91 Å². The topological polar surface area (TPSA) is 59.1 Å². The second kappa shape index (κ2) is 10.5. The van der Waals surface area contributed by atoms with Gasteiger partial charge < -0.3 is 19.3 Å². The Labute approximate surface area is 202 Å². The van der Waals surface area contributed by atoms with Crippen LogP contribution in [0.3, 0.4) is 0 Å². The van der Waals surface area contributed by atoms with Crippen LogP contribution >= 0.6 is 0 Å². The van der Waals surface area contributed by atoms with Crippen molar-refractivity contribution in [1.29, 1.82) is 0 Å². The molecule has 0 fully saturated rings. The average Bonchev–Trinajstić information content (AvgIpc) is 2.85. The van der Waals surface area contributed by atoms with Gasteiger partial charge in [0, 0.05) is 25.2 Å². The molecule has 0 aromatic heterocycles. The first-order valence-electron chi connectivity index (χ1n) is 12.7. The highest BCUT2D eigenvalue weighted by atomic mass is 16.5. The smallest absolute Gasteiger partial charge is 0.254 e. The van der Waals surface area contributed by atoms with E-state index in [1.807, 2.05) is 67.0 Å². The molecule has 2 aromatic carbocycles. The van der Waals surface area contributed by atoms with E-state index in [1.54, 1.807) is 0 Å². The molecule has 2 amide bonds. The Morgan fingerprint density at radius 3 is 2.41 bits per heavy atom. The molecule has 2 atom stereocenters.